The molecule has 0 saturated carbocycles. The standard InChI is InChI=1S/C5H7NS/c1-7-5-3-2-4-6/h2-3H,5H2,1H3/b3-2+. The molecule has 0 atom stereocenters. The summed E-state index contributed by atoms with van der Waals surface area (Å²) in [6.45, 7) is 0. The van der Waals surface area contributed by atoms with Gasteiger partial charge in [0.2, 0.25) is 0 Å². The fourth-order valence-electron chi connectivity index (χ4n) is 0.197. The number of hydrogen-bond donors (Lipinski definition) is 0. The average Bonchev–Trinajstić information content (AvgIpc) is 1.69. The van der Waals surface area contributed by atoms with E-state index < -0.39 is 0 Å². The summed E-state index contributed by atoms with van der Waals surface area (Å²) in [6.07, 6.45) is 5.34. The molecule has 0 aromatic carbocycles. The van der Waals surface area contributed by atoms with Crippen molar-refractivity contribution in [1.29, 1.82) is 5.26 Å². The molecule has 38 valence electrons. The molecule has 0 fully saturated rings. The molecule has 0 saturated heterocycles. The van der Waals surface area contributed by atoms with Crippen LogP contribution in [0.25, 0.3) is 0 Å². The molecule has 0 unspecified atom stereocenters. The van der Waals surface area contributed by atoms with Crippen molar-refractivity contribution >= 4 is 11.8 Å². The van der Waals surface area contributed by atoms with Gasteiger partial charge in [-0.05, 0) is 6.26 Å². The van der Waals surface area contributed by atoms with Gasteiger partial charge in [0.1, 0.15) is 0 Å². The van der Waals surface area contributed by atoms with Crippen LogP contribution in [0, 0.1) is 11.3 Å². The Kier molecular flexibility index (Phi) is 5.25. The van der Waals surface area contributed by atoms with E-state index in [9.17, 15) is 0 Å². The third-order valence-corrected chi connectivity index (χ3v) is 0.981. The quantitative estimate of drug-likeness (QED) is 0.506. The molecule has 0 aliphatic rings. The first-order valence-corrected chi connectivity index (χ1v) is 3.34. The molecular weight excluding hydrogens is 106 g/mol. The fraction of sp³-hybridized carbons (Fsp3) is 0.400. The smallest absolute Gasteiger partial charge is 0.0908 e. The summed E-state index contributed by atoms with van der Waals surface area (Å²) in [5.41, 5.74) is 0. The molecule has 1 nitrogen and oxygen atoms in total. The summed E-state index contributed by atoms with van der Waals surface area (Å²) in [6, 6.07) is 1.91. The molecule has 0 aromatic rings. The largest absolute Gasteiger partial charge is 0.193 e. The molecular formula is C5H7NS. The van der Waals surface area contributed by atoms with Gasteiger partial charge in [0.05, 0.1) is 6.07 Å². The van der Waals surface area contributed by atoms with E-state index in [0.29, 0.717) is 0 Å². The van der Waals surface area contributed by atoms with Crippen LogP contribution in [0.2, 0.25) is 0 Å². The summed E-state index contributed by atoms with van der Waals surface area (Å²) < 4.78 is 0. The molecule has 0 amide bonds. The maximum atomic E-state index is 7.95. The van der Waals surface area contributed by atoms with Crippen molar-refractivity contribution in [3.05, 3.63) is 12.2 Å². The Balaban J connectivity index is 2.97. The highest BCUT2D eigenvalue weighted by molar-refractivity contribution is 7.98. The SMILES string of the molecule is CSC/C=C/C#N. The van der Waals surface area contributed by atoms with E-state index in [1.165, 1.54) is 6.08 Å². The molecule has 2 heteroatoms. The van der Waals surface area contributed by atoms with Crippen molar-refractivity contribution in [2.24, 2.45) is 0 Å². The third-order valence-electron chi connectivity index (χ3n) is 0.455. The van der Waals surface area contributed by atoms with E-state index in [4.69, 9.17) is 5.26 Å². The molecule has 0 N–H and O–H groups in total. The van der Waals surface area contributed by atoms with Gasteiger partial charge in [-0.3, -0.25) is 0 Å². The lowest BCUT2D eigenvalue weighted by Crippen LogP contribution is -1.61. The van der Waals surface area contributed by atoms with Crippen molar-refractivity contribution in [3.8, 4) is 6.07 Å². The van der Waals surface area contributed by atoms with Crippen LogP contribution in [-0.4, -0.2) is 12.0 Å². The van der Waals surface area contributed by atoms with E-state index in [2.05, 4.69) is 0 Å². The first kappa shape index (κ1) is 6.58. The molecule has 0 radical (unpaired) electrons. The molecule has 0 bridgehead atoms. The van der Waals surface area contributed by atoms with Gasteiger partial charge in [-0.25, -0.2) is 0 Å². The zero-order chi connectivity index (χ0) is 5.54. The zero-order valence-electron chi connectivity index (χ0n) is 4.22. The molecule has 0 heterocycles. The highest BCUT2D eigenvalue weighted by Gasteiger charge is 1.67. The van der Waals surface area contributed by atoms with Crippen molar-refractivity contribution in [2.75, 3.05) is 12.0 Å². The lowest BCUT2D eigenvalue weighted by molar-refractivity contribution is 1.53. The number of allylic oxidation sites excluding steroid dienone is 1. The zero-order valence-corrected chi connectivity index (χ0v) is 5.03. The van der Waals surface area contributed by atoms with Crippen LogP contribution >= 0.6 is 11.8 Å². The van der Waals surface area contributed by atoms with Crippen LogP contribution in [0.3, 0.4) is 0 Å². The van der Waals surface area contributed by atoms with Gasteiger partial charge in [0.25, 0.3) is 0 Å². The summed E-state index contributed by atoms with van der Waals surface area (Å²) >= 11 is 1.70. The predicted octanol–water partition coefficient (Wildman–Crippen LogP) is 1.43. The molecule has 0 aliphatic heterocycles. The van der Waals surface area contributed by atoms with Crippen LogP contribution in [-0.2, 0) is 0 Å². The Morgan fingerprint density at radius 1 is 1.86 bits per heavy atom. The van der Waals surface area contributed by atoms with E-state index in [-0.39, 0.29) is 0 Å². The van der Waals surface area contributed by atoms with Crippen LogP contribution in [0.5, 0.6) is 0 Å². The minimum atomic E-state index is 0.938. The van der Waals surface area contributed by atoms with Crippen molar-refractivity contribution in [1.82, 2.24) is 0 Å². The van der Waals surface area contributed by atoms with E-state index in [0.717, 1.165) is 5.75 Å². The molecule has 0 spiro atoms. The Hall–Kier alpha value is -0.420. The first-order chi connectivity index (χ1) is 3.41. The maximum Gasteiger partial charge on any atom is 0.0908 e. The van der Waals surface area contributed by atoms with Gasteiger partial charge in [0.15, 0.2) is 0 Å². The summed E-state index contributed by atoms with van der Waals surface area (Å²) in [5, 5.41) is 7.95. The summed E-state index contributed by atoms with van der Waals surface area (Å²) in [7, 11) is 0. The van der Waals surface area contributed by atoms with Gasteiger partial charge in [0, 0.05) is 11.8 Å². The second kappa shape index (κ2) is 5.58. The van der Waals surface area contributed by atoms with Crippen LogP contribution in [0.15, 0.2) is 12.2 Å². The Morgan fingerprint density at radius 2 is 2.57 bits per heavy atom. The number of nitrogens with zero attached hydrogens (tertiary/aromatic N) is 1. The minimum absolute atomic E-state index is 0.938. The third kappa shape index (κ3) is 5.58. The second-order valence-corrected chi connectivity index (χ2v) is 1.90. The minimum Gasteiger partial charge on any atom is -0.193 e. The molecule has 0 aliphatic carbocycles. The Bertz CT molecular complexity index is 90.7. The lowest BCUT2D eigenvalue weighted by Gasteiger charge is -1.76. The summed E-state index contributed by atoms with van der Waals surface area (Å²) in [5.74, 6) is 0.938. The van der Waals surface area contributed by atoms with Gasteiger partial charge >= 0.3 is 0 Å². The maximum absolute atomic E-state index is 7.95. The second-order valence-electron chi connectivity index (χ2n) is 0.987. The fourth-order valence-corrected chi connectivity index (χ4v) is 0.486. The van der Waals surface area contributed by atoms with Crippen molar-refractivity contribution in [2.45, 2.75) is 0 Å². The van der Waals surface area contributed by atoms with Crippen LogP contribution < -0.4 is 0 Å². The number of thioether (sulfide) groups is 1. The lowest BCUT2D eigenvalue weighted by atomic mass is 10.6. The normalized spacial score (nSPS) is 9.14. The van der Waals surface area contributed by atoms with E-state index >= 15 is 0 Å². The van der Waals surface area contributed by atoms with Crippen LogP contribution in [0.1, 0.15) is 0 Å². The topological polar surface area (TPSA) is 23.8 Å². The highest BCUT2D eigenvalue weighted by Crippen LogP contribution is 1.89. The average molecular weight is 113 g/mol. The predicted molar refractivity (Wildman–Crippen MR) is 33.1 cm³/mol. The monoisotopic (exact) mass is 113 g/mol. The van der Waals surface area contributed by atoms with Crippen LogP contribution in [0.4, 0.5) is 0 Å². The van der Waals surface area contributed by atoms with Crippen molar-refractivity contribution < 1.29 is 0 Å². The number of hydrogen-bond acceptors (Lipinski definition) is 2. The Morgan fingerprint density at radius 3 is 3.00 bits per heavy atom. The van der Waals surface area contributed by atoms with E-state index in [1.807, 2.05) is 18.4 Å². The summed E-state index contributed by atoms with van der Waals surface area (Å²) in [4.78, 5) is 0. The number of rotatable bonds is 2. The Labute approximate surface area is 48.0 Å². The number of nitriles is 1. The molecule has 7 heavy (non-hydrogen) atoms. The molecule has 0 aromatic heterocycles. The van der Waals surface area contributed by atoms with Gasteiger partial charge in [-0.2, -0.15) is 17.0 Å². The van der Waals surface area contributed by atoms with Gasteiger partial charge in [-0.1, -0.05) is 6.08 Å². The van der Waals surface area contributed by atoms with Crippen molar-refractivity contribution in [3.63, 3.8) is 0 Å². The molecule has 0 rings (SSSR count). The highest BCUT2D eigenvalue weighted by atomic mass is 32.2. The van der Waals surface area contributed by atoms with Gasteiger partial charge in [-0.15, -0.1) is 0 Å². The van der Waals surface area contributed by atoms with Gasteiger partial charge < -0.3 is 0 Å². The van der Waals surface area contributed by atoms with E-state index in [1.54, 1.807) is 11.8 Å². The first-order valence-electron chi connectivity index (χ1n) is 1.95.